The lowest BCUT2D eigenvalue weighted by Crippen LogP contribution is -2.31. The van der Waals surface area contributed by atoms with Crippen molar-refractivity contribution in [1.29, 1.82) is 0 Å². The van der Waals surface area contributed by atoms with Crippen LogP contribution in [-0.4, -0.2) is 34.8 Å². The van der Waals surface area contributed by atoms with E-state index in [1.165, 1.54) is 30.7 Å². The van der Waals surface area contributed by atoms with Gasteiger partial charge in [0.25, 0.3) is 5.91 Å². The zero-order valence-electron chi connectivity index (χ0n) is 21.0. The fourth-order valence-electron chi connectivity index (χ4n) is 3.91. The maximum atomic E-state index is 13.7. The molecule has 1 amide bonds. The molecule has 7 nitrogen and oxygen atoms in total. The molecule has 0 heterocycles. The first-order chi connectivity index (χ1) is 16.6. The minimum atomic E-state index is -3.76. The number of amides is 1. The Balaban J connectivity index is 2.18. The van der Waals surface area contributed by atoms with Crippen LogP contribution in [0.2, 0.25) is 0 Å². The number of nitrogens with one attached hydrogen (secondary N) is 1. The molecular weight excluding hydrogens is 464 g/mol. The number of sulfonamides is 1. The average molecular weight is 497 g/mol. The third-order valence-electron chi connectivity index (χ3n) is 5.75. The molecule has 0 fully saturated rings. The molecule has 0 aliphatic heterocycles. The van der Waals surface area contributed by atoms with Crippen LogP contribution in [0.1, 0.15) is 46.8 Å². The predicted molar refractivity (Wildman–Crippen MR) is 140 cm³/mol. The van der Waals surface area contributed by atoms with Crippen LogP contribution in [0.25, 0.3) is 0 Å². The lowest BCUT2D eigenvalue weighted by atomic mass is 9.98. The average Bonchev–Trinajstić information content (AvgIpc) is 2.82. The molecule has 186 valence electrons. The smallest absolute Gasteiger partial charge is 0.257 e. The zero-order valence-corrected chi connectivity index (χ0v) is 21.8. The predicted octanol–water partition coefficient (Wildman–Crippen LogP) is 5.35. The number of rotatable bonds is 9. The molecule has 35 heavy (non-hydrogen) atoms. The SMILES string of the molecule is COc1cc(C(=O)Nc2c(C)cccc2C(C)C)c(N(Cc2ccccc2)S(C)(=O)=O)cc1OC. The number of aryl methyl sites for hydroxylation is 1. The molecular formula is C27H32N2O5S. The highest BCUT2D eigenvalue weighted by molar-refractivity contribution is 7.92. The normalized spacial score (nSPS) is 11.3. The van der Waals surface area contributed by atoms with Crippen molar-refractivity contribution >= 4 is 27.3 Å². The second-order valence-corrected chi connectivity index (χ2v) is 10.5. The number of carbonyl (C=O) groups is 1. The Kier molecular flexibility index (Phi) is 8.07. The fraction of sp³-hybridized carbons (Fsp3) is 0.296. The lowest BCUT2D eigenvalue weighted by molar-refractivity contribution is 0.102. The van der Waals surface area contributed by atoms with Crippen molar-refractivity contribution in [2.45, 2.75) is 33.2 Å². The molecule has 1 N–H and O–H groups in total. The molecule has 0 aliphatic carbocycles. The summed E-state index contributed by atoms with van der Waals surface area (Å²) < 4.78 is 38.0. The molecule has 8 heteroatoms. The zero-order chi connectivity index (χ0) is 25.8. The van der Waals surface area contributed by atoms with E-state index in [0.29, 0.717) is 17.2 Å². The van der Waals surface area contributed by atoms with Crippen molar-refractivity contribution in [3.05, 3.63) is 82.9 Å². The van der Waals surface area contributed by atoms with E-state index >= 15 is 0 Å². The van der Waals surface area contributed by atoms with Crippen molar-refractivity contribution < 1.29 is 22.7 Å². The van der Waals surface area contributed by atoms with Gasteiger partial charge in [0, 0.05) is 11.8 Å². The van der Waals surface area contributed by atoms with Crippen LogP contribution in [0.3, 0.4) is 0 Å². The van der Waals surface area contributed by atoms with Gasteiger partial charge in [0.2, 0.25) is 10.0 Å². The van der Waals surface area contributed by atoms with Crippen LogP contribution in [0.15, 0.2) is 60.7 Å². The van der Waals surface area contributed by atoms with E-state index in [0.717, 1.165) is 22.9 Å². The molecule has 3 aromatic carbocycles. The summed E-state index contributed by atoms with van der Waals surface area (Å²) in [4.78, 5) is 13.7. The van der Waals surface area contributed by atoms with Crippen LogP contribution in [0.5, 0.6) is 11.5 Å². The Morgan fingerprint density at radius 1 is 0.971 bits per heavy atom. The highest BCUT2D eigenvalue weighted by Crippen LogP contribution is 2.38. The van der Waals surface area contributed by atoms with E-state index < -0.39 is 15.9 Å². The van der Waals surface area contributed by atoms with Gasteiger partial charge >= 0.3 is 0 Å². The molecule has 0 unspecified atom stereocenters. The van der Waals surface area contributed by atoms with Gasteiger partial charge in [-0.05, 0) is 35.6 Å². The summed E-state index contributed by atoms with van der Waals surface area (Å²) in [7, 11) is -0.831. The number of hydrogen-bond acceptors (Lipinski definition) is 5. The van der Waals surface area contributed by atoms with Crippen molar-refractivity contribution in [1.82, 2.24) is 0 Å². The number of nitrogens with zero attached hydrogens (tertiary/aromatic N) is 1. The number of anilines is 2. The Hall–Kier alpha value is -3.52. The molecule has 0 saturated carbocycles. The van der Waals surface area contributed by atoms with E-state index in [4.69, 9.17) is 9.47 Å². The number of benzene rings is 3. The minimum Gasteiger partial charge on any atom is -0.493 e. The van der Waals surface area contributed by atoms with E-state index in [1.807, 2.05) is 55.5 Å². The Labute approximate surface area is 207 Å². The van der Waals surface area contributed by atoms with Crippen molar-refractivity contribution in [2.75, 3.05) is 30.1 Å². The maximum Gasteiger partial charge on any atom is 0.257 e. The Morgan fingerprint density at radius 3 is 2.17 bits per heavy atom. The summed E-state index contributed by atoms with van der Waals surface area (Å²) >= 11 is 0. The van der Waals surface area contributed by atoms with E-state index in [9.17, 15) is 13.2 Å². The van der Waals surface area contributed by atoms with Gasteiger partial charge in [0.1, 0.15) is 0 Å². The molecule has 0 aromatic heterocycles. The van der Waals surface area contributed by atoms with Crippen LogP contribution in [0.4, 0.5) is 11.4 Å². The highest BCUT2D eigenvalue weighted by Gasteiger charge is 2.27. The summed E-state index contributed by atoms with van der Waals surface area (Å²) in [6.07, 6.45) is 1.12. The summed E-state index contributed by atoms with van der Waals surface area (Å²) in [6, 6.07) is 18.1. The molecule has 0 spiro atoms. The van der Waals surface area contributed by atoms with Crippen LogP contribution >= 0.6 is 0 Å². The van der Waals surface area contributed by atoms with E-state index in [1.54, 1.807) is 0 Å². The molecule has 0 saturated heterocycles. The highest BCUT2D eigenvalue weighted by atomic mass is 32.2. The number of carbonyl (C=O) groups excluding carboxylic acids is 1. The second kappa shape index (κ2) is 10.8. The summed E-state index contributed by atoms with van der Waals surface area (Å²) in [6.45, 7) is 6.08. The number of ether oxygens (including phenoxy) is 2. The molecule has 0 aliphatic rings. The third-order valence-corrected chi connectivity index (χ3v) is 6.88. The molecule has 0 bridgehead atoms. The molecule has 0 radical (unpaired) electrons. The van der Waals surface area contributed by atoms with Crippen LogP contribution in [0, 0.1) is 6.92 Å². The van der Waals surface area contributed by atoms with Gasteiger partial charge in [0.15, 0.2) is 11.5 Å². The van der Waals surface area contributed by atoms with E-state index in [-0.39, 0.29) is 23.7 Å². The summed E-state index contributed by atoms with van der Waals surface area (Å²) in [5.74, 6) is 0.377. The minimum absolute atomic E-state index is 0.0526. The summed E-state index contributed by atoms with van der Waals surface area (Å²) in [5.41, 5.74) is 3.75. The number of hydrogen-bond donors (Lipinski definition) is 1. The van der Waals surface area contributed by atoms with Gasteiger partial charge in [-0.15, -0.1) is 0 Å². The fourth-order valence-corrected chi connectivity index (χ4v) is 4.80. The van der Waals surface area contributed by atoms with Gasteiger partial charge in [0.05, 0.1) is 38.3 Å². The van der Waals surface area contributed by atoms with Gasteiger partial charge in [-0.1, -0.05) is 62.4 Å². The number of methoxy groups -OCH3 is 2. The molecule has 0 atom stereocenters. The van der Waals surface area contributed by atoms with E-state index in [2.05, 4.69) is 19.2 Å². The standard InChI is InChI=1S/C27H32N2O5S/c1-18(2)21-14-10-11-19(3)26(21)28-27(30)22-15-24(33-4)25(34-5)16-23(22)29(35(6,31)32)17-20-12-8-7-9-13-20/h7-16,18H,17H2,1-6H3,(H,28,30). The van der Waals surface area contributed by atoms with Gasteiger partial charge in [-0.2, -0.15) is 0 Å². The maximum absolute atomic E-state index is 13.7. The largest absolute Gasteiger partial charge is 0.493 e. The van der Waals surface area contributed by atoms with Gasteiger partial charge < -0.3 is 14.8 Å². The first-order valence-corrected chi connectivity index (χ1v) is 13.1. The molecule has 3 aromatic rings. The first-order valence-electron chi connectivity index (χ1n) is 11.2. The monoisotopic (exact) mass is 496 g/mol. The third kappa shape index (κ3) is 5.95. The molecule has 3 rings (SSSR count). The summed E-state index contributed by atoms with van der Waals surface area (Å²) in [5, 5.41) is 3.02. The van der Waals surface area contributed by atoms with Gasteiger partial charge in [-0.25, -0.2) is 8.42 Å². The lowest BCUT2D eigenvalue weighted by Gasteiger charge is -2.26. The second-order valence-electron chi connectivity index (χ2n) is 8.63. The number of para-hydroxylation sites is 1. The quantitative estimate of drug-likeness (QED) is 0.431. The van der Waals surface area contributed by atoms with Crippen molar-refractivity contribution in [3.8, 4) is 11.5 Å². The van der Waals surface area contributed by atoms with Crippen molar-refractivity contribution in [2.24, 2.45) is 0 Å². The Morgan fingerprint density at radius 2 is 1.60 bits per heavy atom. The van der Waals surface area contributed by atoms with Gasteiger partial charge in [-0.3, -0.25) is 9.10 Å². The van der Waals surface area contributed by atoms with Crippen LogP contribution < -0.4 is 19.1 Å². The Bertz CT molecular complexity index is 1300. The first kappa shape index (κ1) is 26.1. The van der Waals surface area contributed by atoms with Crippen LogP contribution in [-0.2, 0) is 16.6 Å². The van der Waals surface area contributed by atoms with Crippen molar-refractivity contribution in [3.63, 3.8) is 0 Å². The topological polar surface area (TPSA) is 84.9 Å².